The van der Waals surface area contributed by atoms with Gasteiger partial charge in [-0.05, 0) is 53.6 Å². The van der Waals surface area contributed by atoms with Gasteiger partial charge < -0.3 is 18.8 Å². The second-order valence-corrected chi connectivity index (χ2v) is 8.58. The highest BCUT2D eigenvalue weighted by atomic mass is 16.3. The van der Waals surface area contributed by atoms with E-state index in [1.165, 1.54) is 0 Å². The molecule has 6 nitrogen and oxygen atoms in total. The van der Waals surface area contributed by atoms with Gasteiger partial charge in [-0.25, -0.2) is 0 Å². The molecule has 4 rings (SSSR count). The maximum Gasteiger partial charge on any atom is 0.254 e. The number of aryl methyl sites for hydroxylation is 1. The van der Waals surface area contributed by atoms with Crippen LogP contribution in [-0.2, 0) is 24.9 Å². The maximum absolute atomic E-state index is 13.5. The fraction of sp³-hybridized carbons (Fsp3) is 0.286. The van der Waals surface area contributed by atoms with Crippen LogP contribution in [0.15, 0.2) is 83.6 Å². The summed E-state index contributed by atoms with van der Waals surface area (Å²) in [6.45, 7) is 3.43. The Bertz CT molecular complexity index is 1240. The van der Waals surface area contributed by atoms with Gasteiger partial charge in [0.05, 0.1) is 19.4 Å². The monoisotopic (exact) mass is 457 g/mol. The average Bonchev–Trinajstić information content (AvgIpc) is 3.52. The second-order valence-electron chi connectivity index (χ2n) is 8.58. The molecule has 2 aromatic carbocycles. The summed E-state index contributed by atoms with van der Waals surface area (Å²) < 4.78 is 7.51. The number of aromatic nitrogens is 1. The predicted molar refractivity (Wildman–Crippen MR) is 133 cm³/mol. The summed E-state index contributed by atoms with van der Waals surface area (Å²) >= 11 is 0. The lowest BCUT2D eigenvalue weighted by molar-refractivity contribution is -0.133. The first-order valence-electron chi connectivity index (χ1n) is 11.7. The van der Waals surface area contributed by atoms with E-state index in [2.05, 4.69) is 6.92 Å². The normalized spacial score (nSPS) is 11.0. The number of hydrogen-bond donors (Lipinski definition) is 0. The molecule has 0 fully saturated rings. The lowest BCUT2D eigenvalue weighted by Crippen LogP contribution is -2.43. The molecular formula is C28H31N3O3. The Morgan fingerprint density at radius 3 is 2.44 bits per heavy atom. The van der Waals surface area contributed by atoms with E-state index in [9.17, 15) is 9.59 Å². The van der Waals surface area contributed by atoms with E-state index < -0.39 is 0 Å². The molecule has 0 aliphatic rings. The lowest BCUT2D eigenvalue weighted by atomic mass is 10.1. The summed E-state index contributed by atoms with van der Waals surface area (Å²) in [7, 11) is 1.96. The van der Waals surface area contributed by atoms with Gasteiger partial charge in [0.1, 0.15) is 12.3 Å². The molecule has 0 bridgehead atoms. The van der Waals surface area contributed by atoms with Crippen LogP contribution in [0, 0.1) is 0 Å². The first-order chi connectivity index (χ1) is 16.5. The highest BCUT2D eigenvalue weighted by molar-refractivity contribution is 6.00. The summed E-state index contributed by atoms with van der Waals surface area (Å²) in [4.78, 5) is 30.4. The van der Waals surface area contributed by atoms with Crippen LogP contribution < -0.4 is 0 Å². The van der Waals surface area contributed by atoms with Crippen molar-refractivity contribution in [3.63, 3.8) is 0 Å². The molecule has 2 heterocycles. The molecule has 34 heavy (non-hydrogen) atoms. The summed E-state index contributed by atoms with van der Waals surface area (Å²) in [6.07, 6.45) is 5.34. The van der Waals surface area contributed by atoms with Crippen molar-refractivity contribution in [1.82, 2.24) is 14.4 Å². The quantitative estimate of drug-likeness (QED) is 0.327. The van der Waals surface area contributed by atoms with Crippen LogP contribution in [0.25, 0.3) is 10.8 Å². The molecule has 2 amide bonds. The van der Waals surface area contributed by atoms with Crippen LogP contribution >= 0.6 is 0 Å². The van der Waals surface area contributed by atoms with Crippen molar-refractivity contribution in [2.24, 2.45) is 7.05 Å². The van der Waals surface area contributed by atoms with Crippen molar-refractivity contribution in [1.29, 1.82) is 0 Å². The molecule has 0 radical (unpaired) electrons. The van der Waals surface area contributed by atoms with Crippen molar-refractivity contribution >= 4 is 22.6 Å². The smallest absolute Gasteiger partial charge is 0.254 e. The number of amides is 2. The van der Waals surface area contributed by atoms with E-state index in [0.29, 0.717) is 31.0 Å². The molecule has 176 valence electrons. The number of furan rings is 1. The van der Waals surface area contributed by atoms with Crippen LogP contribution in [0.4, 0.5) is 0 Å². The Morgan fingerprint density at radius 2 is 1.74 bits per heavy atom. The predicted octanol–water partition coefficient (Wildman–Crippen LogP) is 5.24. The van der Waals surface area contributed by atoms with Gasteiger partial charge in [0, 0.05) is 31.0 Å². The van der Waals surface area contributed by atoms with Crippen LogP contribution in [0.2, 0.25) is 0 Å². The Balaban J connectivity index is 1.55. The SMILES string of the molecule is CCCCN(CC(=O)N(Cc1ccco1)Cc1cccn1C)C(=O)c1ccc2ccccc2c1. The number of benzene rings is 2. The van der Waals surface area contributed by atoms with E-state index in [4.69, 9.17) is 4.42 Å². The Hall–Kier alpha value is -3.80. The van der Waals surface area contributed by atoms with Gasteiger partial charge in [-0.3, -0.25) is 9.59 Å². The van der Waals surface area contributed by atoms with Crippen LogP contribution in [0.1, 0.15) is 41.6 Å². The van der Waals surface area contributed by atoms with Crippen LogP contribution in [0.3, 0.4) is 0 Å². The zero-order valence-corrected chi connectivity index (χ0v) is 19.8. The minimum Gasteiger partial charge on any atom is -0.467 e. The average molecular weight is 458 g/mol. The minimum absolute atomic E-state index is 0.0246. The summed E-state index contributed by atoms with van der Waals surface area (Å²) in [5.41, 5.74) is 1.61. The maximum atomic E-state index is 13.5. The summed E-state index contributed by atoms with van der Waals surface area (Å²) in [6, 6.07) is 21.3. The van der Waals surface area contributed by atoms with E-state index in [1.54, 1.807) is 16.1 Å². The van der Waals surface area contributed by atoms with Crippen molar-refractivity contribution < 1.29 is 14.0 Å². The molecule has 6 heteroatoms. The molecule has 0 N–H and O–H groups in total. The van der Waals surface area contributed by atoms with Crippen molar-refractivity contribution in [3.05, 3.63) is 96.2 Å². The van der Waals surface area contributed by atoms with Gasteiger partial charge in [0.25, 0.3) is 5.91 Å². The third kappa shape index (κ3) is 5.57. The van der Waals surface area contributed by atoms with E-state index in [1.807, 2.05) is 84.5 Å². The number of fused-ring (bicyclic) bond motifs is 1. The first-order valence-corrected chi connectivity index (χ1v) is 11.7. The van der Waals surface area contributed by atoms with Gasteiger partial charge in [0.2, 0.25) is 5.91 Å². The second kappa shape index (κ2) is 10.9. The van der Waals surface area contributed by atoms with Crippen LogP contribution in [-0.4, -0.2) is 39.3 Å². The number of carbonyl (C=O) groups excluding carboxylic acids is 2. The zero-order valence-electron chi connectivity index (χ0n) is 19.8. The lowest BCUT2D eigenvalue weighted by Gasteiger charge is -2.27. The van der Waals surface area contributed by atoms with Gasteiger partial charge >= 0.3 is 0 Å². The van der Waals surface area contributed by atoms with E-state index >= 15 is 0 Å². The third-order valence-electron chi connectivity index (χ3n) is 6.08. The van der Waals surface area contributed by atoms with Gasteiger partial charge in [-0.2, -0.15) is 0 Å². The minimum atomic E-state index is -0.121. The molecule has 0 saturated heterocycles. The number of hydrogen-bond acceptors (Lipinski definition) is 3. The number of rotatable bonds is 10. The standard InChI is InChI=1S/C28H31N3O3/c1-3-4-16-30(28(33)24-14-13-22-9-5-6-10-23(22)18-24)21-27(32)31(20-26-12-8-17-34-26)19-25-11-7-15-29(25)2/h5-15,17-18H,3-4,16,19-21H2,1-2H3. The Kier molecular flexibility index (Phi) is 7.48. The molecule has 0 aliphatic heterocycles. The summed E-state index contributed by atoms with van der Waals surface area (Å²) in [5, 5.41) is 2.10. The van der Waals surface area contributed by atoms with E-state index in [-0.39, 0.29) is 18.4 Å². The first kappa shape index (κ1) is 23.4. The third-order valence-corrected chi connectivity index (χ3v) is 6.08. The van der Waals surface area contributed by atoms with Gasteiger partial charge in [-0.15, -0.1) is 0 Å². The largest absolute Gasteiger partial charge is 0.467 e. The Morgan fingerprint density at radius 1 is 0.912 bits per heavy atom. The zero-order chi connectivity index (χ0) is 23.9. The molecular weight excluding hydrogens is 426 g/mol. The van der Waals surface area contributed by atoms with Crippen molar-refractivity contribution in [2.45, 2.75) is 32.9 Å². The molecule has 0 saturated carbocycles. The molecule has 0 aliphatic carbocycles. The number of nitrogens with zero attached hydrogens (tertiary/aromatic N) is 3. The fourth-order valence-electron chi connectivity index (χ4n) is 4.05. The Labute approximate surface area is 200 Å². The summed E-state index contributed by atoms with van der Waals surface area (Å²) in [5.74, 6) is 0.482. The number of carbonyl (C=O) groups is 2. The molecule has 0 atom stereocenters. The highest BCUT2D eigenvalue weighted by Gasteiger charge is 2.23. The highest BCUT2D eigenvalue weighted by Crippen LogP contribution is 2.18. The molecule has 4 aromatic rings. The van der Waals surface area contributed by atoms with E-state index in [0.717, 1.165) is 29.3 Å². The molecule has 0 spiro atoms. The topological polar surface area (TPSA) is 58.7 Å². The van der Waals surface area contributed by atoms with Gasteiger partial charge in [-0.1, -0.05) is 43.7 Å². The molecule has 2 aromatic heterocycles. The van der Waals surface area contributed by atoms with Crippen LogP contribution in [0.5, 0.6) is 0 Å². The number of unbranched alkanes of at least 4 members (excludes halogenated alkanes) is 1. The molecule has 0 unspecified atom stereocenters. The van der Waals surface area contributed by atoms with Gasteiger partial charge in [0.15, 0.2) is 0 Å². The fourth-order valence-corrected chi connectivity index (χ4v) is 4.05. The van der Waals surface area contributed by atoms with Crippen molar-refractivity contribution in [2.75, 3.05) is 13.1 Å². The van der Waals surface area contributed by atoms with Crippen molar-refractivity contribution in [3.8, 4) is 0 Å².